The average Bonchev–Trinajstić information content (AvgIpc) is 2.80. The van der Waals surface area contributed by atoms with Crippen LogP contribution in [-0.2, 0) is 9.59 Å². The molecule has 2 N–H and O–H groups in total. The topological polar surface area (TPSA) is 102 Å². The van der Waals surface area contributed by atoms with Gasteiger partial charge in [-0.2, -0.15) is 5.26 Å². The quantitative estimate of drug-likeness (QED) is 0.806. The summed E-state index contributed by atoms with van der Waals surface area (Å²) in [6.45, 7) is 3.30. The summed E-state index contributed by atoms with van der Waals surface area (Å²) in [5, 5.41) is 14.0. The molecule has 0 radical (unpaired) electrons. The lowest BCUT2D eigenvalue weighted by Crippen LogP contribution is -2.46. The summed E-state index contributed by atoms with van der Waals surface area (Å²) in [6, 6.07) is 7.75. The number of rotatable bonds is 5. The van der Waals surface area contributed by atoms with Crippen LogP contribution in [0.3, 0.4) is 0 Å². The summed E-state index contributed by atoms with van der Waals surface area (Å²) in [7, 11) is 0. The van der Waals surface area contributed by atoms with Gasteiger partial charge in [0.15, 0.2) is 0 Å². The van der Waals surface area contributed by atoms with Gasteiger partial charge in [-0.25, -0.2) is 4.79 Å². The monoisotopic (exact) mass is 314 g/mol. The van der Waals surface area contributed by atoms with Crippen LogP contribution in [0.15, 0.2) is 24.3 Å². The largest absolute Gasteiger partial charge is 0.325 e. The third kappa shape index (κ3) is 3.16. The highest BCUT2D eigenvalue weighted by Gasteiger charge is 2.49. The Hall–Kier alpha value is -2.88. The van der Waals surface area contributed by atoms with Crippen molar-refractivity contribution < 1.29 is 14.4 Å². The number of hydrogen-bond acceptors (Lipinski definition) is 4. The first kappa shape index (κ1) is 16.5. The van der Waals surface area contributed by atoms with Gasteiger partial charge in [-0.3, -0.25) is 14.5 Å². The molecule has 120 valence electrons. The van der Waals surface area contributed by atoms with E-state index in [9.17, 15) is 14.4 Å². The number of nitrogens with zero attached hydrogens (tertiary/aromatic N) is 2. The first-order valence-corrected chi connectivity index (χ1v) is 7.40. The van der Waals surface area contributed by atoms with Gasteiger partial charge in [0.1, 0.15) is 12.1 Å². The van der Waals surface area contributed by atoms with Crippen molar-refractivity contribution >= 4 is 23.5 Å². The van der Waals surface area contributed by atoms with Crippen LogP contribution in [0.5, 0.6) is 0 Å². The highest BCUT2D eigenvalue weighted by molar-refractivity contribution is 6.10. The van der Waals surface area contributed by atoms with E-state index in [2.05, 4.69) is 10.6 Å². The van der Waals surface area contributed by atoms with Gasteiger partial charge in [0.25, 0.3) is 5.91 Å². The van der Waals surface area contributed by atoms with Crippen molar-refractivity contribution in [1.82, 2.24) is 10.2 Å². The second-order valence-corrected chi connectivity index (χ2v) is 5.35. The van der Waals surface area contributed by atoms with Crippen LogP contribution < -0.4 is 10.6 Å². The fourth-order valence-corrected chi connectivity index (χ4v) is 2.52. The van der Waals surface area contributed by atoms with E-state index in [0.717, 1.165) is 4.90 Å². The zero-order valence-electron chi connectivity index (χ0n) is 13.0. The molecule has 4 amide bonds. The van der Waals surface area contributed by atoms with E-state index in [0.29, 0.717) is 24.1 Å². The number of benzene rings is 1. The molecule has 0 saturated carbocycles. The summed E-state index contributed by atoms with van der Waals surface area (Å²) in [5.74, 6) is -0.844. The van der Waals surface area contributed by atoms with E-state index in [4.69, 9.17) is 5.26 Å². The van der Waals surface area contributed by atoms with Crippen molar-refractivity contribution in [3.05, 3.63) is 29.8 Å². The molecule has 1 saturated heterocycles. The van der Waals surface area contributed by atoms with Crippen molar-refractivity contribution in [2.24, 2.45) is 0 Å². The van der Waals surface area contributed by atoms with Gasteiger partial charge < -0.3 is 10.6 Å². The number of imide groups is 1. The molecule has 0 unspecified atom stereocenters. The number of nitriles is 1. The van der Waals surface area contributed by atoms with Crippen molar-refractivity contribution in [3.63, 3.8) is 0 Å². The second kappa shape index (κ2) is 6.48. The predicted octanol–water partition coefficient (Wildman–Crippen LogP) is 1.61. The number of nitrogens with one attached hydrogen (secondary N) is 2. The first-order valence-electron chi connectivity index (χ1n) is 7.40. The number of anilines is 1. The lowest BCUT2D eigenvalue weighted by atomic mass is 9.93. The van der Waals surface area contributed by atoms with Gasteiger partial charge in [-0.15, -0.1) is 0 Å². The molecule has 7 nitrogen and oxygen atoms in total. The maximum absolute atomic E-state index is 12.4. The number of amides is 4. The van der Waals surface area contributed by atoms with Crippen LogP contribution in [0.2, 0.25) is 0 Å². The number of hydrogen-bond donors (Lipinski definition) is 2. The molecule has 1 aliphatic heterocycles. The predicted molar refractivity (Wildman–Crippen MR) is 83.3 cm³/mol. The van der Waals surface area contributed by atoms with E-state index >= 15 is 0 Å². The summed E-state index contributed by atoms with van der Waals surface area (Å²) < 4.78 is 0. The van der Waals surface area contributed by atoms with E-state index in [-0.39, 0.29) is 12.5 Å². The van der Waals surface area contributed by atoms with Crippen LogP contribution in [0, 0.1) is 11.3 Å². The molecule has 1 aliphatic rings. The molecular formula is C16H18N4O3. The Morgan fingerprint density at radius 2 is 1.87 bits per heavy atom. The van der Waals surface area contributed by atoms with Crippen LogP contribution in [0.1, 0.15) is 32.3 Å². The Morgan fingerprint density at radius 1 is 1.26 bits per heavy atom. The molecule has 1 heterocycles. The summed E-state index contributed by atoms with van der Waals surface area (Å²) in [4.78, 5) is 37.4. The Labute approximate surface area is 134 Å². The molecule has 23 heavy (non-hydrogen) atoms. The van der Waals surface area contributed by atoms with E-state index in [1.54, 1.807) is 24.3 Å². The highest BCUT2D eigenvalue weighted by Crippen LogP contribution is 2.24. The smallest absolute Gasteiger partial charge is 0.325 e. The Bertz CT molecular complexity index is 672. The minimum atomic E-state index is -0.911. The van der Waals surface area contributed by atoms with Gasteiger partial charge in [0.2, 0.25) is 5.91 Å². The molecule has 0 spiro atoms. The highest BCUT2D eigenvalue weighted by atomic mass is 16.2. The second-order valence-electron chi connectivity index (χ2n) is 5.35. The minimum Gasteiger partial charge on any atom is -0.325 e. The third-order valence-corrected chi connectivity index (χ3v) is 4.05. The van der Waals surface area contributed by atoms with Crippen LogP contribution in [0.25, 0.3) is 0 Å². The van der Waals surface area contributed by atoms with Crippen LogP contribution >= 0.6 is 0 Å². The summed E-state index contributed by atoms with van der Waals surface area (Å²) in [6.07, 6.45) is 0.948. The lowest BCUT2D eigenvalue weighted by Gasteiger charge is -2.23. The molecule has 1 aromatic carbocycles. The Kier molecular flexibility index (Phi) is 4.65. The molecule has 0 aromatic heterocycles. The number of carbonyl (C=O) groups excluding carboxylic acids is 3. The van der Waals surface area contributed by atoms with Crippen molar-refractivity contribution in [1.29, 1.82) is 5.26 Å². The molecule has 7 heteroatoms. The molecular weight excluding hydrogens is 296 g/mol. The van der Waals surface area contributed by atoms with Gasteiger partial charge >= 0.3 is 6.03 Å². The molecule has 0 aliphatic carbocycles. The number of urea groups is 1. The van der Waals surface area contributed by atoms with Gasteiger partial charge in [0.05, 0.1) is 11.6 Å². The lowest BCUT2D eigenvalue weighted by molar-refractivity contribution is -0.134. The Morgan fingerprint density at radius 3 is 2.35 bits per heavy atom. The van der Waals surface area contributed by atoms with E-state index in [1.807, 2.05) is 19.9 Å². The molecule has 0 bridgehead atoms. The molecule has 0 atom stereocenters. The summed E-state index contributed by atoms with van der Waals surface area (Å²) in [5.41, 5.74) is 0.0669. The zero-order valence-corrected chi connectivity index (χ0v) is 13.0. The Balaban J connectivity index is 2.04. The maximum Gasteiger partial charge on any atom is 0.325 e. The van der Waals surface area contributed by atoms with Gasteiger partial charge in [-0.05, 0) is 37.1 Å². The summed E-state index contributed by atoms with van der Waals surface area (Å²) >= 11 is 0. The SMILES string of the molecule is CCC1(CC)NC(=O)N(CC(=O)Nc2ccc(C#N)cc2)C1=O. The molecule has 2 rings (SSSR count). The third-order valence-electron chi connectivity index (χ3n) is 4.05. The maximum atomic E-state index is 12.4. The van der Waals surface area contributed by atoms with Gasteiger partial charge in [0, 0.05) is 5.69 Å². The zero-order chi connectivity index (χ0) is 17.0. The van der Waals surface area contributed by atoms with E-state index < -0.39 is 17.5 Å². The molecule has 1 aromatic rings. The first-order chi connectivity index (χ1) is 11.0. The fourth-order valence-electron chi connectivity index (χ4n) is 2.52. The normalized spacial score (nSPS) is 16.0. The average molecular weight is 314 g/mol. The standard InChI is InChI=1S/C16H18N4O3/c1-3-16(4-2)14(22)20(15(23)19-16)10-13(21)18-12-7-5-11(9-17)6-8-12/h5-8H,3-4,10H2,1-2H3,(H,18,21)(H,19,23). The van der Waals surface area contributed by atoms with Crippen molar-refractivity contribution in [2.75, 3.05) is 11.9 Å². The van der Waals surface area contributed by atoms with Gasteiger partial charge in [-0.1, -0.05) is 13.8 Å². The van der Waals surface area contributed by atoms with Crippen LogP contribution in [-0.4, -0.2) is 34.8 Å². The van der Waals surface area contributed by atoms with Crippen molar-refractivity contribution in [2.45, 2.75) is 32.2 Å². The van der Waals surface area contributed by atoms with Crippen molar-refractivity contribution in [3.8, 4) is 6.07 Å². The fraction of sp³-hybridized carbons (Fsp3) is 0.375. The van der Waals surface area contributed by atoms with Crippen LogP contribution in [0.4, 0.5) is 10.5 Å². The van der Waals surface area contributed by atoms with E-state index in [1.165, 1.54) is 0 Å². The minimum absolute atomic E-state index is 0.341. The molecule has 1 fully saturated rings. The number of carbonyl (C=O) groups is 3.